The summed E-state index contributed by atoms with van der Waals surface area (Å²) in [7, 11) is 1.63. The number of aliphatic hydroxyl groups is 1. The Kier molecular flexibility index (Phi) is 7.43. The third kappa shape index (κ3) is 5.88. The summed E-state index contributed by atoms with van der Waals surface area (Å²) in [6.45, 7) is 2.81. The van der Waals surface area contributed by atoms with Crippen molar-refractivity contribution in [3.63, 3.8) is 0 Å². The van der Waals surface area contributed by atoms with Crippen LogP contribution in [0.25, 0.3) is 6.08 Å². The van der Waals surface area contributed by atoms with Gasteiger partial charge in [0, 0.05) is 12.6 Å². The monoisotopic (exact) mass is 319 g/mol. The SMILES string of the molecule is C/C=C/c1ccc(OC[C@@H](O)CNC2CCCCC2)c(OC)c1. The normalized spacial score (nSPS) is 17.3. The Bertz CT molecular complexity index is 495. The van der Waals surface area contributed by atoms with Gasteiger partial charge in [0.1, 0.15) is 12.7 Å². The lowest BCUT2D eigenvalue weighted by molar-refractivity contribution is 0.100. The molecule has 0 bridgehead atoms. The van der Waals surface area contributed by atoms with Crippen molar-refractivity contribution in [2.75, 3.05) is 20.3 Å². The highest BCUT2D eigenvalue weighted by molar-refractivity contribution is 5.55. The molecule has 0 aromatic heterocycles. The summed E-state index contributed by atoms with van der Waals surface area (Å²) < 4.78 is 11.1. The molecule has 0 amide bonds. The van der Waals surface area contributed by atoms with Crippen LogP contribution in [0.3, 0.4) is 0 Å². The molecule has 1 aromatic carbocycles. The van der Waals surface area contributed by atoms with Gasteiger partial charge in [-0.05, 0) is 37.5 Å². The van der Waals surface area contributed by atoms with Crippen molar-refractivity contribution in [1.82, 2.24) is 5.32 Å². The topological polar surface area (TPSA) is 50.7 Å². The molecule has 23 heavy (non-hydrogen) atoms. The standard InChI is InChI=1S/C19H29NO3/c1-3-7-15-10-11-18(19(12-15)22-2)23-14-17(21)13-20-16-8-5-4-6-9-16/h3,7,10-12,16-17,20-21H,4-6,8-9,13-14H2,1-2H3/b7-3+/t17-/m0/s1. The van der Waals surface area contributed by atoms with Crippen molar-refractivity contribution in [1.29, 1.82) is 0 Å². The van der Waals surface area contributed by atoms with Crippen LogP contribution < -0.4 is 14.8 Å². The molecule has 1 aliphatic rings. The Hall–Kier alpha value is -1.52. The molecule has 1 fully saturated rings. The van der Waals surface area contributed by atoms with Gasteiger partial charge in [0.05, 0.1) is 7.11 Å². The van der Waals surface area contributed by atoms with E-state index in [9.17, 15) is 5.11 Å². The lowest BCUT2D eigenvalue weighted by Crippen LogP contribution is -2.38. The Morgan fingerprint density at radius 3 is 2.74 bits per heavy atom. The molecule has 2 rings (SSSR count). The largest absolute Gasteiger partial charge is 0.493 e. The molecule has 128 valence electrons. The van der Waals surface area contributed by atoms with Crippen LogP contribution >= 0.6 is 0 Å². The Morgan fingerprint density at radius 2 is 2.04 bits per heavy atom. The van der Waals surface area contributed by atoms with E-state index in [0.717, 1.165) is 5.56 Å². The molecule has 2 N–H and O–H groups in total. The summed E-state index contributed by atoms with van der Waals surface area (Å²) in [5, 5.41) is 13.5. The van der Waals surface area contributed by atoms with Crippen LogP contribution in [-0.2, 0) is 0 Å². The zero-order chi connectivity index (χ0) is 16.5. The highest BCUT2D eigenvalue weighted by Crippen LogP contribution is 2.28. The van der Waals surface area contributed by atoms with Crippen molar-refractivity contribution in [2.45, 2.75) is 51.2 Å². The first-order chi connectivity index (χ1) is 11.2. The van der Waals surface area contributed by atoms with Gasteiger partial charge in [0.25, 0.3) is 0 Å². The molecule has 0 aliphatic heterocycles. The van der Waals surface area contributed by atoms with Crippen molar-refractivity contribution in [3.05, 3.63) is 29.8 Å². The molecule has 4 nitrogen and oxygen atoms in total. The summed E-state index contributed by atoms with van der Waals surface area (Å²) >= 11 is 0. The predicted molar refractivity (Wildman–Crippen MR) is 94.1 cm³/mol. The van der Waals surface area contributed by atoms with Gasteiger partial charge < -0.3 is 19.9 Å². The minimum absolute atomic E-state index is 0.263. The second kappa shape index (κ2) is 9.58. The first kappa shape index (κ1) is 17.8. The summed E-state index contributed by atoms with van der Waals surface area (Å²) in [5.74, 6) is 1.35. The molecule has 1 saturated carbocycles. The van der Waals surface area contributed by atoms with Gasteiger partial charge in [0.15, 0.2) is 11.5 Å². The van der Waals surface area contributed by atoms with Crippen LogP contribution in [0, 0.1) is 0 Å². The third-order valence-corrected chi connectivity index (χ3v) is 4.23. The first-order valence-electron chi connectivity index (χ1n) is 8.58. The number of allylic oxidation sites excluding steroid dienone is 1. The van der Waals surface area contributed by atoms with Gasteiger partial charge in [-0.3, -0.25) is 0 Å². The molecule has 0 heterocycles. The van der Waals surface area contributed by atoms with Crippen LogP contribution in [0.5, 0.6) is 11.5 Å². The molecule has 4 heteroatoms. The lowest BCUT2D eigenvalue weighted by Gasteiger charge is -2.24. The Labute approximate surface area is 139 Å². The number of methoxy groups -OCH3 is 1. The van der Waals surface area contributed by atoms with Gasteiger partial charge >= 0.3 is 0 Å². The number of benzene rings is 1. The molecule has 1 atom stereocenters. The zero-order valence-corrected chi connectivity index (χ0v) is 14.3. The summed E-state index contributed by atoms with van der Waals surface area (Å²) in [6.07, 6.45) is 9.83. The molecule has 0 saturated heterocycles. The number of rotatable bonds is 8. The van der Waals surface area contributed by atoms with Gasteiger partial charge in [0.2, 0.25) is 0 Å². The molecular formula is C19H29NO3. The van der Waals surface area contributed by atoms with E-state index >= 15 is 0 Å². The van der Waals surface area contributed by atoms with E-state index in [4.69, 9.17) is 9.47 Å². The molecule has 0 unspecified atom stereocenters. The van der Waals surface area contributed by atoms with E-state index in [1.165, 1.54) is 32.1 Å². The second-order valence-corrected chi connectivity index (χ2v) is 6.12. The van der Waals surface area contributed by atoms with Crippen molar-refractivity contribution in [2.24, 2.45) is 0 Å². The molecular weight excluding hydrogens is 290 g/mol. The summed E-state index contributed by atoms with van der Waals surface area (Å²) in [4.78, 5) is 0. The highest BCUT2D eigenvalue weighted by atomic mass is 16.5. The minimum Gasteiger partial charge on any atom is -0.493 e. The predicted octanol–water partition coefficient (Wildman–Crippen LogP) is 3.39. The van der Waals surface area contributed by atoms with E-state index in [1.807, 2.05) is 37.3 Å². The number of aliphatic hydroxyl groups excluding tert-OH is 1. The fourth-order valence-electron chi connectivity index (χ4n) is 2.95. The number of nitrogens with one attached hydrogen (secondary N) is 1. The summed E-state index contributed by atoms with van der Waals surface area (Å²) in [5.41, 5.74) is 1.07. The van der Waals surface area contributed by atoms with E-state index in [-0.39, 0.29) is 6.61 Å². The van der Waals surface area contributed by atoms with E-state index in [1.54, 1.807) is 7.11 Å². The maximum absolute atomic E-state index is 10.1. The van der Waals surface area contributed by atoms with E-state index < -0.39 is 6.10 Å². The van der Waals surface area contributed by atoms with E-state index in [2.05, 4.69) is 5.32 Å². The Balaban J connectivity index is 1.79. The maximum atomic E-state index is 10.1. The Morgan fingerprint density at radius 1 is 1.26 bits per heavy atom. The van der Waals surface area contributed by atoms with Crippen LogP contribution in [-0.4, -0.2) is 37.5 Å². The number of hydrogen-bond acceptors (Lipinski definition) is 4. The van der Waals surface area contributed by atoms with Crippen molar-refractivity contribution in [3.8, 4) is 11.5 Å². The minimum atomic E-state index is -0.517. The molecule has 0 spiro atoms. The fourth-order valence-corrected chi connectivity index (χ4v) is 2.95. The third-order valence-electron chi connectivity index (χ3n) is 4.23. The lowest BCUT2D eigenvalue weighted by atomic mass is 9.95. The quantitative estimate of drug-likeness (QED) is 0.771. The van der Waals surface area contributed by atoms with Crippen LogP contribution in [0.1, 0.15) is 44.6 Å². The van der Waals surface area contributed by atoms with E-state index in [0.29, 0.717) is 24.1 Å². The second-order valence-electron chi connectivity index (χ2n) is 6.12. The van der Waals surface area contributed by atoms with Gasteiger partial charge in [-0.1, -0.05) is 37.5 Å². The molecule has 0 radical (unpaired) electrons. The first-order valence-corrected chi connectivity index (χ1v) is 8.58. The highest BCUT2D eigenvalue weighted by Gasteiger charge is 2.15. The van der Waals surface area contributed by atoms with Gasteiger partial charge in [-0.2, -0.15) is 0 Å². The summed E-state index contributed by atoms with van der Waals surface area (Å²) in [6, 6.07) is 6.34. The average Bonchev–Trinajstić information content (AvgIpc) is 2.59. The molecule has 1 aromatic rings. The van der Waals surface area contributed by atoms with Crippen LogP contribution in [0.4, 0.5) is 0 Å². The average molecular weight is 319 g/mol. The van der Waals surface area contributed by atoms with Gasteiger partial charge in [-0.15, -0.1) is 0 Å². The number of ether oxygens (including phenoxy) is 2. The maximum Gasteiger partial charge on any atom is 0.161 e. The van der Waals surface area contributed by atoms with Crippen LogP contribution in [0.2, 0.25) is 0 Å². The van der Waals surface area contributed by atoms with Crippen molar-refractivity contribution < 1.29 is 14.6 Å². The molecule has 1 aliphatic carbocycles. The smallest absolute Gasteiger partial charge is 0.161 e. The number of hydrogen-bond donors (Lipinski definition) is 2. The van der Waals surface area contributed by atoms with Crippen molar-refractivity contribution >= 4 is 6.08 Å². The fraction of sp³-hybridized carbons (Fsp3) is 0.579. The van der Waals surface area contributed by atoms with Gasteiger partial charge in [-0.25, -0.2) is 0 Å². The zero-order valence-electron chi connectivity index (χ0n) is 14.3. The van der Waals surface area contributed by atoms with Crippen LogP contribution in [0.15, 0.2) is 24.3 Å².